The summed E-state index contributed by atoms with van der Waals surface area (Å²) in [7, 11) is 1.85. The molecule has 3 aromatic rings. The van der Waals surface area contributed by atoms with E-state index in [2.05, 4.69) is 25.6 Å². The number of anilines is 1. The maximum Gasteiger partial charge on any atom is 0.234 e. The zero-order valence-electron chi connectivity index (χ0n) is 14.0. The van der Waals surface area contributed by atoms with Crippen LogP contribution in [0, 0.1) is 6.92 Å². The summed E-state index contributed by atoms with van der Waals surface area (Å²) in [6, 6.07) is 2.15. The normalized spacial score (nSPS) is 11.4. The highest BCUT2D eigenvalue weighted by molar-refractivity contribution is 7.99. The molecule has 0 aliphatic carbocycles. The molecule has 0 aliphatic rings. The second-order valence-electron chi connectivity index (χ2n) is 5.76. The molecule has 126 valence electrons. The van der Waals surface area contributed by atoms with E-state index >= 15 is 0 Å². The summed E-state index contributed by atoms with van der Waals surface area (Å²) in [5, 5.41) is 16.8. The van der Waals surface area contributed by atoms with Crippen molar-refractivity contribution in [1.82, 2.24) is 29.5 Å². The fraction of sp³-hybridized carbons (Fsp3) is 0.400. The minimum absolute atomic E-state index is 0.110. The van der Waals surface area contributed by atoms with E-state index in [-0.39, 0.29) is 17.7 Å². The molecule has 9 heteroatoms. The predicted molar refractivity (Wildman–Crippen MR) is 93.0 cm³/mol. The van der Waals surface area contributed by atoms with Crippen molar-refractivity contribution in [3.05, 3.63) is 24.3 Å². The van der Waals surface area contributed by atoms with Gasteiger partial charge < -0.3 is 9.88 Å². The van der Waals surface area contributed by atoms with Crippen LogP contribution in [0.5, 0.6) is 0 Å². The third kappa shape index (κ3) is 3.25. The molecule has 3 heterocycles. The van der Waals surface area contributed by atoms with Crippen LogP contribution in [-0.4, -0.2) is 41.2 Å². The van der Waals surface area contributed by atoms with Crippen LogP contribution >= 0.6 is 11.8 Å². The van der Waals surface area contributed by atoms with Gasteiger partial charge in [-0.05, 0) is 26.8 Å². The lowest BCUT2D eigenvalue weighted by molar-refractivity contribution is -0.113. The standard InChI is InChI=1S/C15H19N7OS/c1-9(2)22-8-17-19-15(22)24-7-13(23)18-11-5-12-10(3)20-21(4)14(12)16-6-11/h5-6,8-9H,7H2,1-4H3,(H,18,23). The minimum atomic E-state index is -0.110. The van der Waals surface area contributed by atoms with Gasteiger partial charge in [-0.15, -0.1) is 10.2 Å². The Morgan fingerprint density at radius 3 is 2.96 bits per heavy atom. The molecule has 0 unspecified atom stereocenters. The SMILES string of the molecule is Cc1nn(C)c2ncc(NC(=O)CSc3nncn3C(C)C)cc12. The van der Waals surface area contributed by atoms with E-state index < -0.39 is 0 Å². The van der Waals surface area contributed by atoms with Crippen LogP contribution in [0.2, 0.25) is 0 Å². The Morgan fingerprint density at radius 1 is 1.42 bits per heavy atom. The molecule has 3 aromatic heterocycles. The smallest absolute Gasteiger partial charge is 0.234 e. The number of rotatable bonds is 5. The molecular formula is C15H19N7OS. The van der Waals surface area contributed by atoms with Crippen molar-refractivity contribution in [2.75, 3.05) is 11.1 Å². The van der Waals surface area contributed by atoms with Gasteiger partial charge in [-0.2, -0.15) is 5.10 Å². The van der Waals surface area contributed by atoms with E-state index in [1.807, 2.05) is 38.5 Å². The van der Waals surface area contributed by atoms with Crippen LogP contribution in [0.25, 0.3) is 11.0 Å². The van der Waals surface area contributed by atoms with Crippen LogP contribution in [0.1, 0.15) is 25.6 Å². The molecule has 24 heavy (non-hydrogen) atoms. The monoisotopic (exact) mass is 345 g/mol. The van der Waals surface area contributed by atoms with Gasteiger partial charge in [-0.3, -0.25) is 9.48 Å². The van der Waals surface area contributed by atoms with E-state index in [1.54, 1.807) is 17.2 Å². The molecule has 0 aliphatic heterocycles. The predicted octanol–water partition coefficient (Wildman–Crippen LogP) is 2.18. The Morgan fingerprint density at radius 2 is 2.21 bits per heavy atom. The number of aryl methyl sites for hydroxylation is 2. The largest absolute Gasteiger partial charge is 0.324 e. The highest BCUT2D eigenvalue weighted by atomic mass is 32.2. The fourth-order valence-electron chi connectivity index (χ4n) is 2.39. The first kappa shape index (κ1) is 16.4. The number of nitrogens with zero attached hydrogens (tertiary/aromatic N) is 6. The van der Waals surface area contributed by atoms with Crippen LogP contribution in [-0.2, 0) is 11.8 Å². The number of fused-ring (bicyclic) bond motifs is 1. The first-order valence-electron chi connectivity index (χ1n) is 7.57. The Kier molecular flexibility index (Phi) is 4.52. The van der Waals surface area contributed by atoms with Gasteiger partial charge in [0.2, 0.25) is 5.91 Å². The lowest BCUT2D eigenvalue weighted by atomic mass is 10.2. The van der Waals surface area contributed by atoms with Crippen LogP contribution in [0.3, 0.4) is 0 Å². The number of hydrogen-bond donors (Lipinski definition) is 1. The van der Waals surface area contributed by atoms with E-state index in [9.17, 15) is 4.79 Å². The number of pyridine rings is 1. The molecule has 0 aromatic carbocycles. The lowest BCUT2D eigenvalue weighted by Crippen LogP contribution is -2.15. The van der Waals surface area contributed by atoms with E-state index in [1.165, 1.54) is 11.8 Å². The van der Waals surface area contributed by atoms with Gasteiger partial charge in [0.1, 0.15) is 6.33 Å². The third-order valence-corrected chi connectivity index (χ3v) is 4.53. The van der Waals surface area contributed by atoms with Gasteiger partial charge in [0, 0.05) is 18.5 Å². The second kappa shape index (κ2) is 6.60. The molecular weight excluding hydrogens is 326 g/mol. The van der Waals surface area contributed by atoms with Crippen molar-refractivity contribution in [3.63, 3.8) is 0 Å². The summed E-state index contributed by atoms with van der Waals surface area (Å²) in [6.07, 6.45) is 3.32. The summed E-state index contributed by atoms with van der Waals surface area (Å²) in [5.41, 5.74) is 2.34. The zero-order valence-corrected chi connectivity index (χ0v) is 14.8. The number of carbonyl (C=O) groups excluding carboxylic acids is 1. The molecule has 0 spiro atoms. The maximum atomic E-state index is 12.2. The Bertz CT molecular complexity index is 883. The lowest BCUT2D eigenvalue weighted by Gasteiger charge is -2.09. The Labute approximate surface area is 143 Å². The Hall–Kier alpha value is -2.42. The van der Waals surface area contributed by atoms with Crippen molar-refractivity contribution in [3.8, 4) is 0 Å². The number of aromatic nitrogens is 6. The summed E-state index contributed by atoms with van der Waals surface area (Å²) in [6.45, 7) is 6.01. The molecule has 0 radical (unpaired) electrons. The van der Waals surface area contributed by atoms with E-state index in [0.29, 0.717) is 5.69 Å². The third-order valence-electron chi connectivity index (χ3n) is 3.58. The molecule has 0 fully saturated rings. The maximum absolute atomic E-state index is 12.2. The van der Waals surface area contributed by atoms with Gasteiger partial charge in [0.05, 0.1) is 23.3 Å². The summed E-state index contributed by atoms with van der Waals surface area (Å²) < 4.78 is 3.66. The number of nitrogens with one attached hydrogen (secondary N) is 1. The van der Waals surface area contributed by atoms with Gasteiger partial charge >= 0.3 is 0 Å². The first-order valence-corrected chi connectivity index (χ1v) is 8.55. The van der Waals surface area contributed by atoms with Crippen LogP contribution in [0.4, 0.5) is 5.69 Å². The van der Waals surface area contributed by atoms with Crippen molar-refractivity contribution in [2.24, 2.45) is 7.05 Å². The molecule has 1 amide bonds. The Balaban J connectivity index is 1.66. The molecule has 8 nitrogen and oxygen atoms in total. The highest BCUT2D eigenvalue weighted by Crippen LogP contribution is 2.21. The first-order chi connectivity index (χ1) is 11.5. The summed E-state index contributed by atoms with van der Waals surface area (Å²) in [5.74, 6) is 0.149. The molecule has 0 atom stereocenters. The van der Waals surface area contributed by atoms with Gasteiger partial charge in [0.15, 0.2) is 10.8 Å². The summed E-state index contributed by atoms with van der Waals surface area (Å²) >= 11 is 1.36. The minimum Gasteiger partial charge on any atom is -0.324 e. The van der Waals surface area contributed by atoms with Crippen molar-refractivity contribution in [2.45, 2.75) is 32.0 Å². The second-order valence-corrected chi connectivity index (χ2v) is 6.70. The van der Waals surface area contributed by atoms with Crippen LogP contribution < -0.4 is 5.32 Å². The number of hydrogen-bond acceptors (Lipinski definition) is 6. The molecule has 1 N–H and O–H groups in total. The van der Waals surface area contributed by atoms with Crippen molar-refractivity contribution in [1.29, 1.82) is 0 Å². The molecule has 0 bridgehead atoms. The van der Waals surface area contributed by atoms with Crippen molar-refractivity contribution >= 4 is 34.4 Å². The van der Waals surface area contributed by atoms with E-state index in [4.69, 9.17) is 0 Å². The van der Waals surface area contributed by atoms with Gasteiger partial charge in [-0.25, -0.2) is 4.98 Å². The average Bonchev–Trinajstić information content (AvgIpc) is 3.11. The molecule has 3 rings (SSSR count). The van der Waals surface area contributed by atoms with Gasteiger partial charge in [-0.1, -0.05) is 11.8 Å². The fourth-order valence-corrected chi connectivity index (χ4v) is 3.24. The zero-order chi connectivity index (χ0) is 17.3. The topological polar surface area (TPSA) is 90.5 Å². The van der Waals surface area contributed by atoms with Crippen molar-refractivity contribution < 1.29 is 4.79 Å². The number of carbonyl (C=O) groups is 1. The number of thioether (sulfide) groups is 1. The van der Waals surface area contributed by atoms with E-state index in [0.717, 1.165) is 21.9 Å². The molecule has 0 saturated carbocycles. The summed E-state index contributed by atoms with van der Waals surface area (Å²) in [4.78, 5) is 16.5. The number of amides is 1. The highest BCUT2D eigenvalue weighted by Gasteiger charge is 2.12. The average molecular weight is 345 g/mol. The van der Waals surface area contributed by atoms with Gasteiger partial charge in [0.25, 0.3) is 0 Å². The quantitative estimate of drug-likeness (QED) is 0.713. The van der Waals surface area contributed by atoms with Crippen LogP contribution in [0.15, 0.2) is 23.7 Å². The molecule has 0 saturated heterocycles.